The molecule has 1 aromatic heterocycles. The lowest BCUT2D eigenvalue weighted by molar-refractivity contribution is -0.192. The van der Waals surface area contributed by atoms with Crippen LogP contribution in [-0.2, 0) is 14.8 Å². The summed E-state index contributed by atoms with van der Waals surface area (Å²) in [6.07, 6.45) is -3.31. The number of benzene rings is 2. The number of alkyl halides is 3. The highest BCUT2D eigenvalue weighted by Gasteiger charge is 2.38. The summed E-state index contributed by atoms with van der Waals surface area (Å²) in [6, 6.07) is 10.5. The van der Waals surface area contributed by atoms with Gasteiger partial charge < -0.3 is 10.0 Å². The average Bonchev–Trinajstić information content (AvgIpc) is 3.58. The second-order valence-corrected chi connectivity index (χ2v) is 12.2. The molecule has 0 bridgehead atoms. The van der Waals surface area contributed by atoms with E-state index in [1.165, 1.54) is 28.3 Å². The van der Waals surface area contributed by atoms with Gasteiger partial charge >= 0.3 is 12.1 Å². The molecule has 1 fully saturated rings. The summed E-state index contributed by atoms with van der Waals surface area (Å²) in [5.74, 6) is -3.49. The molecule has 224 valence electrons. The highest BCUT2D eigenvalue weighted by Crippen LogP contribution is 2.37. The Labute approximate surface area is 248 Å². The van der Waals surface area contributed by atoms with Gasteiger partial charge in [0.25, 0.3) is 10.0 Å². The summed E-state index contributed by atoms with van der Waals surface area (Å²) >= 11 is 14.1. The molecule has 2 atom stereocenters. The van der Waals surface area contributed by atoms with Gasteiger partial charge in [-0.15, -0.1) is 11.3 Å². The SMILES string of the molecule is CC[C@@H](c1ccccc1Cl)N1CC[C@H](N(C)c2cc(F)c(S(=O)(=O)Nc3cscn3)cc2Cl)C1.O=C(O)C(F)(F)F. The number of halogens is 6. The smallest absolute Gasteiger partial charge is 0.475 e. The molecule has 3 aromatic rings. The van der Waals surface area contributed by atoms with Gasteiger partial charge in [-0.25, -0.2) is 22.6 Å². The summed E-state index contributed by atoms with van der Waals surface area (Å²) in [4.78, 5) is 16.6. The average molecular weight is 658 g/mol. The number of aliphatic carboxylic acids is 1. The second-order valence-electron chi connectivity index (χ2n) is 9.01. The standard InChI is InChI=1S/C23H25Cl2FN4O2S2.C2HF3O2/c1-3-20(16-6-4-5-7-17(16)24)30-9-8-15(12-30)29(2)21-11-19(26)22(10-18(21)25)34(31,32)28-23-13-33-14-27-23;3-2(4,5)1(6)7/h4-7,10-11,13-15,20,28H,3,8-9,12H2,1-2H3;(H,6,7)/t15-,20-;/m0./s1. The fourth-order valence-corrected chi connectivity index (χ4v) is 6.70. The Bertz CT molecular complexity index is 1460. The van der Waals surface area contributed by atoms with Gasteiger partial charge in [0.2, 0.25) is 0 Å². The zero-order valence-corrected chi connectivity index (χ0v) is 24.8. The Morgan fingerprint density at radius 3 is 2.49 bits per heavy atom. The molecule has 2 heterocycles. The zero-order valence-electron chi connectivity index (χ0n) is 21.7. The lowest BCUT2D eigenvalue weighted by Crippen LogP contribution is -2.36. The third-order valence-corrected chi connectivity index (χ3v) is 9.02. The van der Waals surface area contributed by atoms with E-state index in [0.717, 1.165) is 42.6 Å². The Kier molecular flexibility index (Phi) is 10.9. The molecule has 0 spiro atoms. The molecular formula is C25H26Cl2F4N4O4S2. The maximum Gasteiger partial charge on any atom is 0.490 e. The van der Waals surface area contributed by atoms with E-state index in [1.54, 1.807) is 0 Å². The number of nitrogens with zero attached hydrogens (tertiary/aromatic N) is 3. The van der Waals surface area contributed by atoms with Crippen molar-refractivity contribution >= 4 is 62.0 Å². The number of carbonyl (C=O) groups is 1. The molecule has 0 unspecified atom stereocenters. The van der Waals surface area contributed by atoms with Crippen molar-refractivity contribution in [1.82, 2.24) is 9.88 Å². The van der Waals surface area contributed by atoms with Gasteiger partial charge in [-0.2, -0.15) is 13.2 Å². The van der Waals surface area contributed by atoms with E-state index in [4.69, 9.17) is 33.1 Å². The number of anilines is 2. The number of likely N-dealkylation sites (tertiary alicyclic amines) is 1. The number of thiazole rings is 1. The van der Waals surface area contributed by atoms with Crippen LogP contribution >= 0.6 is 34.5 Å². The molecule has 2 aromatic carbocycles. The van der Waals surface area contributed by atoms with Crippen molar-refractivity contribution in [1.29, 1.82) is 0 Å². The van der Waals surface area contributed by atoms with Crippen LogP contribution in [-0.4, -0.2) is 61.7 Å². The van der Waals surface area contributed by atoms with Crippen molar-refractivity contribution in [2.45, 2.75) is 42.9 Å². The minimum absolute atomic E-state index is 0.0871. The molecule has 1 aliphatic heterocycles. The van der Waals surface area contributed by atoms with E-state index < -0.39 is 32.9 Å². The van der Waals surface area contributed by atoms with Gasteiger partial charge in [0.15, 0.2) is 5.82 Å². The van der Waals surface area contributed by atoms with E-state index >= 15 is 0 Å². The van der Waals surface area contributed by atoms with E-state index in [9.17, 15) is 26.0 Å². The molecular weight excluding hydrogens is 631 g/mol. The first-order valence-corrected chi connectivity index (χ1v) is 15.2. The van der Waals surface area contributed by atoms with Crippen molar-refractivity contribution in [3.63, 3.8) is 0 Å². The molecule has 16 heteroatoms. The maximum atomic E-state index is 15.0. The lowest BCUT2D eigenvalue weighted by Gasteiger charge is -2.31. The van der Waals surface area contributed by atoms with Crippen LogP contribution in [0.1, 0.15) is 31.4 Å². The first-order valence-electron chi connectivity index (χ1n) is 12.1. The summed E-state index contributed by atoms with van der Waals surface area (Å²) in [7, 11) is -2.31. The zero-order chi connectivity index (χ0) is 30.5. The Hall–Kier alpha value is -2.65. The predicted molar refractivity (Wildman–Crippen MR) is 151 cm³/mol. The highest BCUT2D eigenvalue weighted by molar-refractivity contribution is 7.92. The number of carboxylic acid groups (broad SMARTS) is 1. The maximum absolute atomic E-state index is 15.0. The monoisotopic (exact) mass is 656 g/mol. The highest BCUT2D eigenvalue weighted by atomic mass is 35.5. The number of hydrogen-bond donors (Lipinski definition) is 2. The van der Waals surface area contributed by atoms with Crippen LogP contribution in [0.2, 0.25) is 10.0 Å². The molecule has 1 saturated heterocycles. The third-order valence-electron chi connectivity index (χ3n) is 6.42. The van der Waals surface area contributed by atoms with E-state index in [-0.39, 0.29) is 22.9 Å². The van der Waals surface area contributed by atoms with Crippen molar-refractivity contribution in [3.8, 4) is 0 Å². The molecule has 0 amide bonds. The first kappa shape index (κ1) is 32.9. The van der Waals surface area contributed by atoms with Crippen LogP contribution in [0.5, 0.6) is 0 Å². The minimum Gasteiger partial charge on any atom is -0.475 e. The van der Waals surface area contributed by atoms with Gasteiger partial charge in [0, 0.05) is 48.7 Å². The molecule has 0 aliphatic carbocycles. The summed E-state index contributed by atoms with van der Waals surface area (Å²) in [5.41, 5.74) is 3.03. The number of aromatic nitrogens is 1. The van der Waals surface area contributed by atoms with Gasteiger partial charge in [-0.1, -0.05) is 48.3 Å². The van der Waals surface area contributed by atoms with Gasteiger partial charge in [-0.3, -0.25) is 9.62 Å². The topological polar surface area (TPSA) is 103 Å². The number of carboxylic acids is 1. The van der Waals surface area contributed by atoms with Crippen molar-refractivity contribution in [2.24, 2.45) is 0 Å². The molecule has 1 aliphatic rings. The van der Waals surface area contributed by atoms with Crippen LogP contribution in [0.4, 0.5) is 29.1 Å². The molecule has 0 saturated carbocycles. The number of likely N-dealkylation sites (N-methyl/N-ethyl adjacent to an activating group) is 1. The summed E-state index contributed by atoms with van der Waals surface area (Å²) in [6.45, 7) is 3.75. The summed E-state index contributed by atoms with van der Waals surface area (Å²) < 4.78 is 74.3. The Morgan fingerprint density at radius 2 is 1.93 bits per heavy atom. The van der Waals surface area contributed by atoms with Gasteiger partial charge in [0.1, 0.15) is 10.7 Å². The van der Waals surface area contributed by atoms with E-state index in [1.807, 2.05) is 30.1 Å². The first-order chi connectivity index (χ1) is 19.2. The quantitative estimate of drug-likeness (QED) is 0.261. The minimum atomic E-state index is -5.08. The number of nitrogens with one attached hydrogen (secondary N) is 1. The lowest BCUT2D eigenvalue weighted by atomic mass is 10.0. The number of sulfonamides is 1. The third kappa shape index (κ3) is 8.22. The van der Waals surface area contributed by atoms with Crippen LogP contribution in [0, 0.1) is 5.82 Å². The molecule has 41 heavy (non-hydrogen) atoms. The summed E-state index contributed by atoms with van der Waals surface area (Å²) in [5, 5.41) is 9.57. The van der Waals surface area contributed by atoms with Crippen molar-refractivity contribution in [3.05, 3.63) is 68.7 Å². The largest absolute Gasteiger partial charge is 0.490 e. The van der Waals surface area contributed by atoms with Gasteiger partial charge in [0.05, 0.1) is 16.2 Å². The molecule has 8 nitrogen and oxygen atoms in total. The van der Waals surface area contributed by atoms with E-state index in [2.05, 4.69) is 27.6 Å². The number of hydrogen-bond acceptors (Lipinski definition) is 7. The van der Waals surface area contributed by atoms with E-state index in [0.29, 0.717) is 5.69 Å². The van der Waals surface area contributed by atoms with Gasteiger partial charge in [-0.05, 0) is 30.5 Å². The van der Waals surface area contributed by atoms with Crippen LogP contribution < -0.4 is 9.62 Å². The predicted octanol–water partition coefficient (Wildman–Crippen LogP) is 6.68. The Balaban J connectivity index is 0.000000587. The van der Waals surface area contributed by atoms with Crippen LogP contribution in [0.15, 0.2) is 52.2 Å². The van der Waals surface area contributed by atoms with Crippen LogP contribution in [0.25, 0.3) is 0 Å². The number of rotatable bonds is 8. The Morgan fingerprint density at radius 1 is 1.27 bits per heavy atom. The van der Waals surface area contributed by atoms with Crippen molar-refractivity contribution in [2.75, 3.05) is 29.8 Å². The molecule has 2 N–H and O–H groups in total. The normalized spacial score (nSPS) is 16.5. The second kappa shape index (κ2) is 13.6. The van der Waals surface area contributed by atoms with Crippen molar-refractivity contribution < 1.29 is 35.9 Å². The fraction of sp³-hybridized carbons (Fsp3) is 0.360. The molecule has 4 rings (SSSR count). The van der Waals surface area contributed by atoms with Crippen LogP contribution in [0.3, 0.4) is 0 Å². The molecule has 0 radical (unpaired) electrons. The fourth-order valence-electron chi connectivity index (χ4n) is 4.43.